The van der Waals surface area contributed by atoms with Gasteiger partial charge in [0, 0.05) is 12.7 Å². The fourth-order valence-corrected chi connectivity index (χ4v) is 2.58. The number of pyridine rings is 1. The van der Waals surface area contributed by atoms with Gasteiger partial charge in [-0.25, -0.2) is 13.1 Å². The fraction of sp³-hybridized carbons (Fsp3) is 0.500. The number of aromatic nitrogens is 1. The Hall–Kier alpha value is -0.980. The maximum absolute atomic E-state index is 11.7. The van der Waals surface area contributed by atoms with E-state index in [1.807, 2.05) is 6.07 Å². The van der Waals surface area contributed by atoms with Crippen molar-refractivity contribution in [3.05, 3.63) is 30.1 Å². The summed E-state index contributed by atoms with van der Waals surface area (Å²) in [6.45, 7) is 2.14. The van der Waals surface area contributed by atoms with Crippen molar-refractivity contribution in [3.8, 4) is 0 Å². The number of hydrogen-bond acceptors (Lipinski definition) is 4. The number of nitrogens with two attached hydrogens (primary N) is 1. The summed E-state index contributed by atoms with van der Waals surface area (Å²) in [6.07, 6.45) is 2.14. The van der Waals surface area contributed by atoms with Crippen LogP contribution in [0.4, 0.5) is 0 Å². The van der Waals surface area contributed by atoms with Gasteiger partial charge in [0.1, 0.15) is 0 Å². The molecule has 6 heteroatoms. The lowest BCUT2D eigenvalue weighted by Crippen LogP contribution is -2.38. The second-order valence-corrected chi connectivity index (χ2v) is 5.50. The van der Waals surface area contributed by atoms with Gasteiger partial charge in [-0.3, -0.25) is 4.98 Å². The van der Waals surface area contributed by atoms with Gasteiger partial charge >= 0.3 is 0 Å². The fourth-order valence-electron chi connectivity index (χ4n) is 1.31. The van der Waals surface area contributed by atoms with Crippen LogP contribution < -0.4 is 10.5 Å². The van der Waals surface area contributed by atoms with Gasteiger partial charge in [0.05, 0.1) is 17.5 Å². The van der Waals surface area contributed by atoms with E-state index in [0.29, 0.717) is 12.1 Å². The molecule has 0 aliphatic rings. The van der Waals surface area contributed by atoms with Crippen LogP contribution in [-0.4, -0.2) is 25.2 Å². The van der Waals surface area contributed by atoms with Gasteiger partial charge in [-0.05, 0) is 18.6 Å². The molecule has 1 aromatic rings. The average Bonchev–Trinajstić information content (AvgIpc) is 2.29. The Bertz CT molecular complexity index is 401. The van der Waals surface area contributed by atoms with Gasteiger partial charge in [-0.2, -0.15) is 0 Å². The molecule has 0 spiro atoms. The van der Waals surface area contributed by atoms with Crippen molar-refractivity contribution in [3.63, 3.8) is 0 Å². The van der Waals surface area contributed by atoms with Crippen LogP contribution in [0.3, 0.4) is 0 Å². The highest BCUT2D eigenvalue weighted by Gasteiger charge is 2.21. The second-order valence-electron chi connectivity index (χ2n) is 3.45. The SMILES string of the molecule is CCC(CN)S(=O)(=O)NCc1ccccn1. The standard InChI is InChI=1S/C10H17N3O2S/c1-2-10(7-11)16(14,15)13-8-9-5-3-4-6-12-9/h3-6,10,13H,2,7-8,11H2,1H3. The Morgan fingerprint density at radius 2 is 2.25 bits per heavy atom. The van der Waals surface area contributed by atoms with Crippen LogP contribution in [0.1, 0.15) is 19.0 Å². The molecule has 1 heterocycles. The quantitative estimate of drug-likeness (QED) is 0.749. The maximum Gasteiger partial charge on any atom is 0.216 e. The first kappa shape index (κ1) is 13.1. The minimum atomic E-state index is -3.34. The Morgan fingerprint density at radius 1 is 1.50 bits per heavy atom. The highest BCUT2D eigenvalue weighted by molar-refractivity contribution is 7.90. The van der Waals surface area contributed by atoms with E-state index in [2.05, 4.69) is 9.71 Å². The largest absolute Gasteiger partial charge is 0.329 e. The zero-order chi connectivity index (χ0) is 12.0. The molecular formula is C10H17N3O2S. The summed E-state index contributed by atoms with van der Waals surface area (Å²) in [7, 11) is -3.34. The Morgan fingerprint density at radius 3 is 2.75 bits per heavy atom. The first-order chi connectivity index (χ1) is 7.60. The summed E-state index contributed by atoms with van der Waals surface area (Å²) in [5, 5.41) is -0.531. The van der Waals surface area contributed by atoms with Gasteiger partial charge in [-0.15, -0.1) is 0 Å². The second kappa shape index (κ2) is 5.93. The number of nitrogens with zero attached hydrogens (tertiary/aromatic N) is 1. The molecule has 0 aliphatic heterocycles. The average molecular weight is 243 g/mol. The molecule has 0 amide bonds. The van der Waals surface area contributed by atoms with E-state index in [9.17, 15) is 8.42 Å². The van der Waals surface area contributed by atoms with Gasteiger partial charge in [-0.1, -0.05) is 13.0 Å². The molecule has 0 aliphatic carbocycles. The van der Waals surface area contributed by atoms with E-state index >= 15 is 0 Å². The van der Waals surface area contributed by atoms with E-state index in [4.69, 9.17) is 5.73 Å². The molecule has 0 saturated heterocycles. The third kappa shape index (κ3) is 3.55. The van der Waals surface area contributed by atoms with Crippen LogP contribution in [0.2, 0.25) is 0 Å². The van der Waals surface area contributed by atoms with Crippen molar-refractivity contribution in [1.82, 2.24) is 9.71 Å². The van der Waals surface area contributed by atoms with Crippen molar-refractivity contribution < 1.29 is 8.42 Å². The lowest BCUT2D eigenvalue weighted by Gasteiger charge is -2.14. The van der Waals surface area contributed by atoms with Crippen LogP contribution in [-0.2, 0) is 16.6 Å². The normalized spacial score (nSPS) is 13.6. The summed E-state index contributed by atoms with van der Waals surface area (Å²) in [5.74, 6) is 0. The van der Waals surface area contributed by atoms with Gasteiger partial charge in [0.15, 0.2) is 0 Å². The summed E-state index contributed by atoms with van der Waals surface area (Å²) in [6, 6.07) is 5.37. The van der Waals surface area contributed by atoms with Crippen molar-refractivity contribution in [2.24, 2.45) is 5.73 Å². The van der Waals surface area contributed by atoms with Crippen molar-refractivity contribution in [2.45, 2.75) is 25.1 Å². The molecule has 3 N–H and O–H groups in total. The van der Waals surface area contributed by atoms with Crippen LogP contribution >= 0.6 is 0 Å². The van der Waals surface area contributed by atoms with E-state index in [1.54, 1.807) is 25.3 Å². The van der Waals surface area contributed by atoms with E-state index in [1.165, 1.54) is 0 Å². The zero-order valence-corrected chi connectivity index (χ0v) is 10.1. The number of rotatable bonds is 6. The molecule has 1 unspecified atom stereocenters. The summed E-state index contributed by atoms with van der Waals surface area (Å²) in [5.41, 5.74) is 6.10. The van der Waals surface area contributed by atoms with Crippen LogP contribution in [0, 0.1) is 0 Å². The van der Waals surface area contributed by atoms with Gasteiger partial charge in [0.25, 0.3) is 0 Å². The van der Waals surface area contributed by atoms with Gasteiger partial charge in [0.2, 0.25) is 10.0 Å². The Labute approximate surface area is 96.1 Å². The first-order valence-electron chi connectivity index (χ1n) is 5.18. The monoisotopic (exact) mass is 243 g/mol. The minimum absolute atomic E-state index is 0.133. The van der Waals surface area contributed by atoms with E-state index in [0.717, 1.165) is 0 Å². The summed E-state index contributed by atoms with van der Waals surface area (Å²) < 4.78 is 26.0. The third-order valence-corrected chi connectivity index (χ3v) is 4.29. The van der Waals surface area contributed by atoms with Crippen LogP contribution in [0.25, 0.3) is 0 Å². The highest BCUT2D eigenvalue weighted by atomic mass is 32.2. The van der Waals surface area contributed by atoms with Crippen molar-refractivity contribution in [1.29, 1.82) is 0 Å². The summed E-state index contributed by atoms with van der Waals surface area (Å²) >= 11 is 0. The van der Waals surface area contributed by atoms with Crippen molar-refractivity contribution in [2.75, 3.05) is 6.54 Å². The first-order valence-corrected chi connectivity index (χ1v) is 6.73. The molecule has 0 aromatic carbocycles. The Balaban J connectivity index is 2.61. The predicted octanol–water partition coefficient (Wildman–Crippen LogP) is 0.238. The number of sulfonamides is 1. The third-order valence-electron chi connectivity index (χ3n) is 2.34. The predicted molar refractivity (Wildman–Crippen MR) is 63.1 cm³/mol. The topological polar surface area (TPSA) is 85.1 Å². The summed E-state index contributed by atoms with van der Waals surface area (Å²) in [4.78, 5) is 4.03. The molecule has 90 valence electrons. The molecule has 0 saturated carbocycles. The highest BCUT2D eigenvalue weighted by Crippen LogP contribution is 2.03. The van der Waals surface area contributed by atoms with Gasteiger partial charge < -0.3 is 5.73 Å². The maximum atomic E-state index is 11.7. The molecule has 16 heavy (non-hydrogen) atoms. The Kier molecular flexibility index (Phi) is 4.85. The smallest absolute Gasteiger partial charge is 0.216 e. The zero-order valence-electron chi connectivity index (χ0n) is 9.26. The lowest BCUT2D eigenvalue weighted by atomic mass is 10.3. The van der Waals surface area contributed by atoms with E-state index in [-0.39, 0.29) is 13.1 Å². The molecule has 0 fully saturated rings. The van der Waals surface area contributed by atoms with Crippen molar-refractivity contribution >= 4 is 10.0 Å². The van der Waals surface area contributed by atoms with E-state index < -0.39 is 15.3 Å². The molecule has 1 rings (SSSR count). The molecular weight excluding hydrogens is 226 g/mol. The minimum Gasteiger partial charge on any atom is -0.329 e. The molecule has 0 radical (unpaired) electrons. The molecule has 5 nitrogen and oxygen atoms in total. The molecule has 0 bridgehead atoms. The van der Waals surface area contributed by atoms with Crippen LogP contribution in [0.5, 0.6) is 0 Å². The van der Waals surface area contributed by atoms with Crippen LogP contribution in [0.15, 0.2) is 24.4 Å². The number of hydrogen-bond donors (Lipinski definition) is 2. The molecule has 1 atom stereocenters. The number of nitrogens with one attached hydrogen (secondary N) is 1. The molecule has 1 aromatic heterocycles. The lowest BCUT2D eigenvalue weighted by molar-refractivity contribution is 0.560.